The highest BCUT2D eigenvalue weighted by molar-refractivity contribution is 4.97. The first kappa shape index (κ1) is 10.5. The van der Waals surface area contributed by atoms with Gasteiger partial charge in [-0.05, 0) is 25.5 Å². The fourth-order valence-electron chi connectivity index (χ4n) is 1.16. The molecule has 0 fully saturated rings. The Balaban J connectivity index is 3.22. The second-order valence-electron chi connectivity index (χ2n) is 2.99. The molecule has 0 bridgehead atoms. The van der Waals surface area contributed by atoms with Gasteiger partial charge in [0.2, 0.25) is 0 Å². The van der Waals surface area contributed by atoms with E-state index in [-0.39, 0.29) is 0 Å². The molecule has 0 saturated heterocycles. The Morgan fingerprint density at radius 2 is 1.91 bits per heavy atom. The summed E-state index contributed by atoms with van der Waals surface area (Å²) in [5.74, 6) is 0. The predicted octanol–water partition coefficient (Wildman–Crippen LogP) is 3.21. The molecule has 0 aliphatic carbocycles. The van der Waals surface area contributed by atoms with Crippen LogP contribution in [-0.2, 0) is 0 Å². The second-order valence-corrected chi connectivity index (χ2v) is 2.99. The fraction of sp³-hybridized carbons (Fsp3) is 0.800. The molecule has 1 heteroatoms. The Morgan fingerprint density at radius 1 is 1.18 bits per heavy atom. The largest absolute Gasteiger partial charge is 0.405 e. The molecule has 0 heterocycles. The molecule has 0 saturated carbocycles. The van der Waals surface area contributed by atoms with E-state index in [0.29, 0.717) is 0 Å². The molecule has 0 spiro atoms. The van der Waals surface area contributed by atoms with Crippen molar-refractivity contribution < 1.29 is 0 Å². The Kier molecular flexibility index (Phi) is 7.33. The Bertz CT molecular complexity index is 105. The summed E-state index contributed by atoms with van der Waals surface area (Å²) >= 11 is 0. The molecule has 0 aromatic heterocycles. The lowest BCUT2D eigenvalue weighted by molar-refractivity contribution is 0.657. The molecule has 0 atom stereocenters. The van der Waals surface area contributed by atoms with Crippen molar-refractivity contribution in [2.24, 2.45) is 5.73 Å². The van der Waals surface area contributed by atoms with Crippen molar-refractivity contribution in [2.75, 3.05) is 0 Å². The van der Waals surface area contributed by atoms with E-state index in [1.165, 1.54) is 37.7 Å². The summed E-state index contributed by atoms with van der Waals surface area (Å²) in [4.78, 5) is 0. The third-order valence-electron chi connectivity index (χ3n) is 2.04. The van der Waals surface area contributed by atoms with Crippen molar-refractivity contribution in [3.63, 3.8) is 0 Å². The summed E-state index contributed by atoms with van der Waals surface area (Å²) in [6.45, 7) is 4.40. The monoisotopic (exact) mass is 155 g/mol. The maximum absolute atomic E-state index is 5.44. The maximum atomic E-state index is 5.44. The van der Waals surface area contributed by atoms with E-state index in [2.05, 4.69) is 13.8 Å². The van der Waals surface area contributed by atoms with Gasteiger partial charge in [0, 0.05) is 0 Å². The van der Waals surface area contributed by atoms with Gasteiger partial charge in [0.05, 0.1) is 0 Å². The smallest absolute Gasteiger partial charge is 0.00706 e. The van der Waals surface area contributed by atoms with Gasteiger partial charge in [-0.25, -0.2) is 0 Å². The van der Waals surface area contributed by atoms with Crippen LogP contribution in [0.15, 0.2) is 11.8 Å². The van der Waals surface area contributed by atoms with Gasteiger partial charge in [-0.3, -0.25) is 0 Å². The first-order valence-electron chi connectivity index (χ1n) is 4.74. The lowest BCUT2D eigenvalue weighted by Crippen LogP contribution is -1.88. The third-order valence-corrected chi connectivity index (χ3v) is 2.04. The quantitative estimate of drug-likeness (QED) is 0.586. The molecule has 0 aliphatic rings. The summed E-state index contributed by atoms with van der Waals surface area (Å²) in [6, 6.07) is 0. The molecule has 0 rings (SSSR count). The van der Waals surface area contributed by atoms with Gasteiger partial charge in [0.15, 0.2) is 0 Å². The number of hydrogen-bond acceptors (Lipinski definition) is 1. The van der Waals surface area contributed by atoms with E-state index in [0.717, 1.165) is 6.42 Å². The van der Waals surface area contributed by atoms with Crippen LogP contribution in [0.1, 0.15) is 52.4 Å². The van der Waals surface area contributed by atoms with Gasteiger partial charge in [0.25, 0.3) is 0 Å². The topological polar surface area (TPSA) is 26.0 Å². The summed E-state index contributed by atoms with van der Waals surface area (Å²) in [5.41, 5.74) is 6.84. The highest BCUT2D eigenvalue weighted by Gasteiger charge is 1.92. The summed E-state index contributed by atoms with van der Waals surface area (Å²) in [7, 11) is 0. The van der Waals surface area contributed by atoms with Gasteiger partial charge < -0.3 is 5.73 Å². The minimum absolute atomic E-state index is 1.11. The zero-order valence-corrected chi connectivity index (χ0v) is 7.90. The molecule has 0 unspecified atom stereocenters. The van der Waals surface area contributed by atoms with Crippen LogP contribution in [0.4, 0.5) is 0 Å². The van der Waals surface area contributed by atoms with Crippen molar-refractivity contribution in [3.05, 3.63) is 11.8 Å². The standard InChI is InChI=1S/C10H21N/c1-3-5-6-7-8-10(4-2)9-11/h9H,3-8,11H2,1-2H3/b10-9+. The molecule has 2 N–H and O–H groups in total. The zero-order valence-electron chi connectivity index (χ0n) is 7.90. The van der Waals surface area contributed by atoms with E-state index in [9.17, 15) is 0 Å². The van der Waals surface area contributed by atoms with Crippen LogP contribution in [0.5, 0.6) is 0 Å². The van der Waals surface area contributed by atoms with Crippen molar-refractivity contribution in [2.45, 2.75) is 52.4 Å². The van der Waals surface area contributed by atoms with E-state index in [1.807, 2.05) is 0 Å². The van der Waals surface area contributed by atoms with E-state index in [4.69, 9.17) is 5.73 Å². The predicted molar refractivity (Wildman–Crippen MR) is 51.3 cm³/mol. The number of hydrogen-bond donors (Lipinski definition) is 1. The van der Waals surface area contributed by atoms with Gasteiger partial charge in [-0.2, -0.15) is 0 Å². The molecular formula is C10H21N. The van der Waals surface area contributed by atoms with Gasteiger partial charge in [-0.1, -0.05) is 38.7 Å². The normalized spacial score (nSPS) is 12.0. The molecule has 0 aliphatic heterocycles. The average Bonchev–Trinajstić information content (AvgIpc) is 2.05. The highest BCUT2D eigenvalue weighted by atomic mass is 14.5. The van der Waals surface area contributed by atoms with Crippen LogP contribution in [0.2, 0.25) is 0 Å². The molecule has 0 radical (unpaired) electrons. The molecule has 66 valence electrons. The first-order valence-corrected chi connectivity index (χ1v) is 4.74. The second kappa shape index (κ2) is 7.64. The molecule has 11 heavy (non-hydrogen) atoms. The van der Waals surface area contributed by atoms with E-state index in [1.54, 1.807) is 6.20 Å². The minimum atomic E-state index is 1.11. The Labute approximate surface area is 70.7 Å². The minimum Gasteiger partial charge on any atom is -0.405 e. The van der Waals surface area contributed by atoms with Gasteiger partial charge in [0.1, 0.15) is 0 Å². The van der Waals surface area contributed by atoms with Crippen LogP contribution in [0.25, 0.3) is 0 Å². The van der Waals surface area contributed by atoms with E-state index >= 15 is 0 Å². The van der Waals surface area contributed by atoms with Crippen molar-refractivity contribution in [1.29, 1.82) is 0 Å². The Morgan fingerprint density at radius 3 is 2.36 bits per heavy atom. The first-order chi connectivity index (χ1) is 5.35. The summed E-state index contributed by atoms with van der Waals surface area (Å²) in [5, 5.41) is 0. The molecule has 0 aromatic rings. The fourth-order valence-corrected chi connectivity index (χ4v) is 1.16. The van der Waals surface area contributed by atoms with Crippen LogP contribution >= 0.6 is 0 Å². The van der Waals surface area contributed by atoms with Gasteiger partial charge >= 0.3 is 0 Å². The molecule has 0 amide bonds. The summed E-state index contributed by atoms with van der Waals surface area (Å²) < 4.78 is 0. The lowest BCUT2D eigenvalue weighted by Gasteiger charge is -2.01. The number of allylic oxidation sites excluding steroid dienone is 1. The van der Waals surface area contributed by atoms with Crippen LogP contribution < -0.4 is 5.73 Å². The Hall–Kier alpha value is -0.460. The highest BCUT2D eigenvalue weighted by Crippen LogP contribution is 2.11. The van der Waals surface area contributed by atoms with Gasteiger partial charge in [-0.15, -0.1) is 0 Å². The molecule has 1 nitrogen and oxygen atoms in total. The number of unbranched alkanes of at least 4 members (excludes halogenated alkanes) is 3. The van der Waals surface area contributed by atoms with E-state index < -0.39 is 0 Å². The SMILES string of the molecule is CCCCCC/C(=C/N)CC. The van der Waals surface area contributed by atoms with Crippen molar-refractivity contribution >= 4 is 0 Å². The average molecular weight is 155 g/mol. The van der Waals surface area contributed by atoms with Crippen LogP contribution in [0, 0.1) is 0 Å². The number of rotatable bonds is 6. The molecular weight excluding hydrogens is 134 g/mol. The summed E-state index contributed by atoms with van der Waals surface area (Å²) in [6.07, 6.45) is 9.43. The maximum Gasteiger partial charge on any atom is -0.00706 e. The number of nitrogens with two attached hydrogens (primary N) is 1. The zero-order chi connectivity index (χ0) is 8.53. The van der Waals surface area contributed by atoms with Crippen molar-refractivity contribution in [3.8, 4) is 0 Å². The van der Waals surface area contributed by atoms with Crippen LogP contribution in [0.3, 0.4) is 0 Å². The molecule has 0 aromatic carbocycles. The lowest BCUT2D eigenvalue weighted by atomic mass is 10.1. The third kappa shape index (κ3) is 5.96. The van der Waals surface area contributed by atoms with Crippen LogP contribution in [-0.4, -0.2) is 0 Å². The van der Waals surface area contributed by atoms with Crippen molar-refractivity contribution in [1.82, 2.24) is 0 Å².